The number of Topliss-reactive ketones (excluding diaryl/α,β-unsaturated/α-hetero) is 1. The quantitative estimate of drug-likeness (QED) is 0.737. The second-order valence-electron chi connectivity index (χ2n) is 3.22. The summed E-state index contributed by atoms with van der Waals surface area (Å²) in [4.78, 5) is 16.7. The third kappa shape index (κ3) is 2.73. The molecule has 2 heterocycles. The minimum atomic E-state index is 0.204. The lowest BCUT2D eigenvalue weighted by Crippen LogP contribution is -1.99. The second kappa shape index (κ2) is 4.84. The molecule has 2 rings (SSSR count). The Kier molecular flexibility index (Phi) is 3.25. The van der Waals surface area contributed by atoms with Crippen LogP contribution >= 0.6 is 11.3 Å². The van der Waals surface area contributed by atoms with Crippen molar-refractivity contribution in [1.29, 1.82) is 0 Å². The fourth-order valence-corrected chi connectivity index (χ4v) is 2.04. The molecule has 0 atom stereocenters. The first-order chi connectivity index (χ1) is 7.36. The van der Waals surface area contributed by atoms with Crippen LogP contribution in [-0.2, 0) is 6.42 Å². The van der Waals surface area contributed by atoms with E-state index in [2.05, 4.69) is 4.98 Å². The number of rotatable bonds is 4. The highest BCUT2D eigenvalue weighted by atomic mass is 32.1. The lowest BCUT2D eigenvalue weighted by molar-refractivity contribution is 0.0986. The number of nitrogens with zero attached hydrogens (tertiary/aromatic N) is 1. The molecule has 2 aromatic heterocycles. The summed E-state index contributed by atoms with van der Waals surface area (Å²) >= 11 is 1.50. The van der Waals surface area contributed by atoms with E-state index in [0.29, 0.717) is 6.42 Å². The van der Waals surface area contributed by atoms with Crippen molar-refractivity contribution in [2.24, 2.45) is 0 Å². The number of hydrogen-bond donors (Lipinski definition) is 0. The molecule has 2 aromatic rings. The molecular formula is C12H11NOS. The molecule has 0 fully saturated rings. The van der Waals surface area contributed by atoms with Gasteiger partial charge in [-0.25, -0.2) is 0 Å². The van der Waals surface area contributed by atoms with Crippen molar-refractivity contribution in [2.45, 2.75) is 12.8 Å². The maximum Gasteiger partial charge on any atom is 0.173 e. The predicted molar refractivity (Wildman–Crippen MR) is 61.2 cm³/mol. The van der Waals surface area contributed by atoms with E-state index < -0.39 is 0 Å². The lowest BCUT2D eigenvalue weighted by atomic mass is 10.1. The van der Waals surface area contributed by atoms with Gasteiger partial charge in [0.2, 0.25) is 0 Å². The molecule has 15 heavy (non-hydrogen) atoms. The number of hydrogen-bond acceptors (Lipinski definition) is 3. The van der Waals surface area contributed by atoms with Crippen molar-refractivity contribution in [3.05, 3.63) is 52.5 Å². The Bertz CT molecular complexity index is 422. The van der Waals surface area contributed by atoms with Gasteiger partial charge in [0.1, 0.15) is 0 Å². The van der Waals surface area contributed by atoms with Gasteiger partial charge in [0.15, 0.2) is 5.78 Å². The summed E-state index contributed by atoms with van der Waals surface area (Å²) in [6.07, 6.45) is 3.01. The summed E-state index contributed by atoms with van der Waals surface area (Å²) in [5.41, 5.74) is 0.974. The third-order valence-electron chi connectivity index (χ3n) is 2.13. The SMILES string of the molecule is O=C(CCc1ccccn1)c1cccs1. The average Bonchev–Trinajstić information content (AvgIpc) is 2.81. The summed E-state index contributed by atoms with van der Waals surface area (Å²) in [5.74, 6) is 0.204. The molecule has 0 bridgehead atoms. The summed E-state index contributed by atoms with van der Waals surface area (Å²) in [7, 11) is 0. The first-order valence-corrected chi connectivity index (χ1v) is 5.71. The number of thiophene rings is 1. The van der Waals surface area contributed by atoms with Crippen LogP contribution in [0.5, 0.6) is 0 Å². The van der Waals surface area contributed by atoms with E-state index in [-0.39, 0.29) is 5.78 Å². The van der Waals surface area contributed by atoms with Gasteiger partial charge in [-0.15, -0.1) is 11.3 Å². The summed E-state index contributed by atoms with van der Waals surface area (Å²) in [6.45, 7) is 0. The molecule has 0 aliphatic heterocycles. The zero-order valence-electron chi connectivity index (χ0n) is 8.22. The van der Waals surface area contributed by atoms with Gasteiger partial charge in [0.05, 0.1) is 4.88 Å². The highest BCUT2D eigenvalue weighted by Crippen LogP contribution is 2.12. The predicted octanol–water partition coefficient (Wildman–Crippen LogP) is 2.96. The first-order valence-electron chi connectivity index (χ1n) is 4.83. The molecule has 0 radical (unpaired) electrons. The standard InChI is InChI=1S/C12H11NOS/c14-11(12-5-3-9-15-12)7-6-10-4-1-2-8-13-10/h1-5,8-9H,6-7H2. The Hall–Kier alpha value is -1.48. The molecular weight excluding hydrogens is 206 g/mol. The number of carbonyl (C=O) groups excluding carboxylic acids is 1. The Morgan fingerprint density at radius 3 is 2.87 bits per heavy atom. The average molecular weight is 217 g/mol. The van der Waals surface area contributed by atoms with Gasteiger partial charge in [-0.3, -0.25) is 9.78 Å². The Morgan fingerprint density at radius 2 is 2.20 bits per heavy atom. The van der Waals surface area contributed by atoms with Gasteiger partial charge in [-0.2, -0.15) is 0 Å². The van der Waals surface area contributed by atoms with Crippen molar-refractivity contribution in [3.63, 3.8) is 0 Å². The van der Waals surface area contributed by atoms with Gasteiger partial charge in [0, 0.05) is 18.3 Å². The zero-order valence-corrected chi connectivity index (χ0v) is 9.04. The van der Waals surface area contributed by atoms with Crippen molar-refractivity contribution < 1.29 is 4.79 Å². The van der Waals surface area contributed by atoms with Crippen molar-refractivity contribution in [2.75, 3.05) is 0 Å². The van der Waals surface area contributed by atoms with Crippen LogP contribution in [-0.4, -0.2) is 10.8 Å². The van der Waals surface area contributed by atoms with Gasteiger partial charge in [0.25, 0.3) is 0 Å². The van der Waals surface area contributed by atoms with Gasteiger partial charge >= 0.3 is 0 Å². The van der Waals surface area contributed by atoms with Crippen LogP contribution in [0.3, 0.4) is 0 Å². The van der Waals surface area contributed by atoms with Gasteiger partial charge < -0.3 is 0 Å². The Morgan fingerprint density at radius 1 is 1.27 bits per heavy atom. The molecule has 2 nitrogen and oxygen atoms in total. The summed E-state index contributed by atoms with van der Waals surface area (Å²) in [5, 5.41) is 1.92. The topological polar surface area (TPSA) is 30.0 Å². The van der Waals surface area contributed by atoms with Crippen LogP contribution in [0.25, 0.3) is 0 Å². The molecule has 0 aromatic carbocycles. The fourth-order valence-electron chi connectivity index (χ4n) is 1.35. The van der Waals surface area contributed by atoms with Crippen molar-refractivity contribution in [1.82, 2.24) is 4.98 Å². The monoisotopic (exact) mass is 217 g/mol. The van der Waals surface area contributed by atoms with Crippen LogP contribution in [0.4, 0.5) is 0 Å². The van der Waals surface area contributed by atoms with E-state index in [9.17, 15) is 4.79 Å². The Balaban J connectivity index is 1.92. The molecule has 76 valence electrons. The van der Waals surface area contributed by atoms with Crippen LogP contribution in [0.15, 0.2) is 41.9 Å². The van der Waals surface area contributed by atoms with E-state index >= 15 is 0 Å². The summed E-state index contributed by atoms with van der Waals surface area (Å²) in [6, 6.07) is 9.54. The minimum Gasteiger partial charge on any atom is -0.293 e. The van der Waals surface area contributed by atoms with E-state index in [0.717, 1.165) is 17.0 Å². The second-order valence-corrected chi connectivity index (χ2v) is 4.17. The van der Waals surface area contributed by atoms with Gasteiger partial charge in [-0.1, -0.05) is 12.1 Å². The number of pyridine rings is 1. The lowest BCUT2D eigenvalue weighted by Gasteiger charge is -1.98. The van der Waals surface area contributed by atoms with E-state index in [1.807, 2.05) is 35.7 Å². The van der Waals surface area contributed by atoms with Gasteiger partial charge in [-0.05, 0) is 30.0 Å². The molecule has 0 unspecified atom stereocenters. The molecule has 0 N–H and O–H groups in total. The molecule has 0 aliphatic carbocycles. The minimum absolute atomic E-state index is 0.204. The number of ketones is 1. The maximum atomic E-state index is 11.7. The number of aromatic nitrogens is 1. The van der Waals surface area contributed by atoms with Crippen molar-refractivity contribution in [3.8, 4) is 0 Å². The van der Waals surface area contributed by atoms with E-state index in [4.69, 9.17) is 0 Å². The van der Waals surface area contributed by atoms with Crippen LogP contribution in [0, 0.1) is 0 Å². The molecule has 0 saturated carbocycles. The third-order valence-corrected chi connectivity index (χ3v) is 3.04. The fraction of sp³-hybridized carbons (Fsp3) is 0.167. The van der Waals surface area contributed by atoms with Crippen LogP contribution < -0.4 is 0 Å². The molecule has 0 saturated heterocycles. The molecule has 0 aliphatic rings. The molecule has 0 amide bonds. The highest BCUT2D eigenvalue weighted by molar-refractivity contribution is 7.12. The largest absolute Gasteiger partial charge is 0.293 e. The van der Waals surface area contributed by atoms with Crippen LogP contribution in [0.1, 0.15) is 21.8 Å². The normalized spacial score (nSPS) is 10.1. The first kappa shape index (κ1) is 10.1. The maximum absolute atomic E-state index is 11.7. The zero-order chi connectivity index (χ0) is 10.5. The summed E-state index contributed by atoms with van der Waals surface area (Å²) < 4.78 is 0. The van der Waals surface area contributed by atoms with E-state index in [1.54, 1.807) is 6.20 Å². The van der Waals surface area contributed by atoms with E-state index in [1.165, 1.54) is 11.3 Å². The van der Waals surface area contributed by atoms with Crippen LogP contribution in [0.2, 0.25) is 0 Å². The number of aryl methyl sites for hydroxylation is 1. The highest BCUT2D eigenvalue weighted by Gasteiger charge is 2.06. The number of carbonyl (C=O) groups is 1. The van der Waals surface area contributed by atoms with Crippen molar-refractivity contribution >= 4 is 17.1 Å². The smallest absolute Gasteiger partial charge is 0.173 e. The molecule has 0 spiro atoms. The Labute approximate surface area is 92.6 Å². The molecule has 3 heteroatoms.